The molecule has 0 amide bonds. The number of carbonyl (C=O) groups is 1. The van der Waals surface area contributed by atoms with Crippen molar-refractivity contribution in [3.05, 3.63) is 15.3 Å². The van der Waals surface area contributed by atoms with Crippen LogP contribution in [0.2, 0.25) is 0 Å². The number of aliphatic carboxylic acids is 1. The van der Waals surface area contributed by atoms with E-state index in [0.717, 1.165) is 6.92 Å². The summed E-state index contributed by atoms with van der Waals surface area (Å²) in [6.07, 6.45) is 0. The van der Waals surface area contributed by atoms with Crippen LogP contribution in [0, 0.1) is 15.3 Å². The van der Waals surface area contributed by atoms with Crippen LogP contribution < -0.4 is 5.11 Å². The number of carboxylic acids is 1. The Morgan fingerprint density at radius 3 is 1.40 bits per heavy atom. The van der Waals surface area contributed by atoms with Crippen LogP contribution in [0.15, 0.2) is 0 Å². The summed E-state index contributed by atoms with van der Waals surface area (Å²) in [6, 6.07) is 0. The van der Waals surface area contributed by atoms with Crippen LogP contribution in [0.25, 0.3) is 0 Å². The van der Waals surface area contributed by atoms with Crippen molar-refractivity contribution >= 4 is 5.97 Å². The maximum absolute atomic E-state index is 8.89. The predicted molar refractivity (Wildman–Crippen MR) is 21.0 cm³/mol. The van der Waals surface area contributed by atoms with Crippen LogP contribution in [-0.2, 0) is 38.4 Å². The van der Waals surface area contributed by atoms with Gasteiger partial charge in [0, 0.05) is 22.5 Å². The first kappa shape index (κ1) is 22.6. The molecule has 8 heteroatoms. The minimum absolute atomic E-state index is 0. The molecule has 0 bridgehead atoms. The molecule has 10 heavy (non-hydrogen) atoms. The second kappa shape index (κ2) is 15.9. The number of rotatable bonds is 0. The first-order valence-corrected chi connectivity index (χ1v) is 1.46. The topological polar surface area (TPSA) is 106 Å². The van der Waals surface area contributed by atoms with E-state index in [1.165, 1.54) is 0 Å². The van der Waals surface area contributed by atoms with Gasteiger partial charge in [-0.25, -0.2) is 0 Å². The molecule has 0 aromatic heterocycles. The summed E-state index contributed by atoms with van der Waals surface area (Å²) < 4.78 is 0. The fourth-order valence-corrected chi connectivity index (χ4v) is 0. The quantitative estimate of drug-likeness (QED) is 0.288. The molecule has 0 N–H and O–H groups in total. The Hall–Kier alpha value is -0.317. The fourth-order valence-electron chi connectivity index (χ4n) is 0. The molecule has 0 saturated heterocycles. The van der Waals surface area contributed by atoms with Gasteiger partial charge in [0.05, 0.1) is 5.09 Å². The Bertz CT molecular complexity index is 77.6. The standard InChI is InChI=1S/C2H4O2.Mn.NO3.Ni/c1-2(3)4;;2-1(3)4;/h1H3,(H,3,4);;;/q;+2;-1;/p-1. The van der Waals surface area contributed by atoms with Crippen LogP contribution in [-0.4, -0.2) is 11.1 Å². The zero-order valence-electron chi connectivity index (χ0n) is 4.68. The van der Waals surface area contributed by atoms with E-state index in [0.29, 0.717) is 0 Å². The zero-order valence-corrected chi connectivity index (χ0v) is 6.85. The van der Waals surface area contributed by atoms with Gasteiger partial charge < -0.3 is 25.2 Å². The van der Waals surface area contributed by atoms with Gasteiger partial charge in [0.25, 0.3) is 0 Å². The summed E-state index contributed by atoms with van der Waals surface area (Å²) in [7, 11) is 0. The van der Waals surface area contributed by atoms with Crippen molar-refractivity contribution in [2.75, 3.05) is 0 Å². The molecular weight excluding hydrogens is 232 g/mol. The van der Waals surface area contributed by atoms with Gasteiger partial charge in [-0.15, -0.1) is 0 Å². The summed E-state index contributed by atoms with van der Waals surface area (Å²) in [5, 5.41) is 23.6. The summed E-state index contributed by atoms with van der Waals surface area (Å²) in [5.41, 5.74) is 0. The second-order valence-corrected chi connectivity index (χ2v) is 0.715. The van der Waals surface area contributed by atoms with E-state index >= 15 is 0 Å². The average molecular weight is 235 g/mol. The van der Waals surface area contributed by atoms with Gasteiger partial charge in [0.2, 0.25) is 0 Å². The molecule has 0 aromatic carbocycles. The van der Waals surface area contributed by atoms with E-state index < -0.39 is 11.1 Å². The van der Waals surface area contributed by atoms with Gasteiger partial charge in [-0.1, -0.05) is 0 Å². The number of hydrogen-bond donors (Lipinski definition) is 0. The van der Waals surface area contributed by atoms with Crippen LogP contribution in [0.5, 0.6) is 0 Å². The normalized spacial score (nSPS) is 4.90. The van der Waals surface area contributed by atoms with Crippen molar-refractivity contribution in [3.8, 4) is 0 Å². The third kappa shape index (κ3) is 3410. The third-order valence-electron chi connectivity index (χ3n) is 0. The molecule has 0 rings (SSSR count). The molecule has 6 nitrogen and oxygen atoms in total. The Morgan fingerprint density at radius 2 is 1.40 bits per heavy atom. The second-order valence-electron chi connectivity index (χ2n) is 0.715. The monoisotopic (exact) mass is 234 g/mol. The SMILES string of the molecule is CC(=O)[O-].O=[N+]([O-])[O-].[Mn+2].[Ni]. The molecule has 0 spiro atoms. The van der Waals surface area contributed by atoms with Crippen molar-refractivity contribution in [1.29, 1.82) is 0 Å². The molecule has 0 heterocycles. The minimum Gasteiger partial charge on any atom is -0.550 e. The van der Waals surface area contributed by atoms with E-state index in [4.69, 9.17) is 25.2 Å². The maximum atomic E-state index is 8.89. The average Bonchev–Trinajstić information content (AvgIpc) is 1.25. The minimum atomic E-state index is -1.75. The van der Waals surface area contributed by atoms with E-state index in [9.17, 15) is 0 Å². The molecule has 1 radical (unpaired) electrons. The number of carboxylic acid groups (broad SMARTS) is 1. The number of nitrogens with zero attached hydrogens (tertiary/aromatic N) is 1. The molecule has 0 aliphatic heterocycles. The summed E-state index contributed by atoms with van der Waals surface area (Å²) in [6.45, 7) is 0.972. The van der Waals surface area contributed by atoms with E-state index in [2.05, 4.69) is 0 Å². The molecule has 0 fully saturated rings. The van der Waals surface area contributed by atoms with Gasteiger partial charge in [-0.2, -0.15) is 0 Å². The smallest absolute Gasteiger partial charge is 0.550 e. The molecule has 0 aliphatic carbocycles. The number of carbonyl (C=O) groups excluding carboxylic acids is 1. The van der Waals surface area contributed by atoms with E-state index in [1.807, 2.05) is 0 Å². The molecule has 0 unspecified atom stereocenters. The van der Waals surface area contributed by atoms with Gasteiger partial charge >= 0.3 is 17.1 Å². The molecular formula is C2H3MnNNiO5. The molecule has 63 valence electrons. The van der Waals surface area contributed by atoms with Gasteiger partial charge in [-0.05, 0) is 6.92 Å². The number of hydrogen-bond acceptors (Lipinski definition) is 5. The van der Waals surface area contributed by atoms with Gasteiger partial charge in [0.15, 0.2) is 0 Å². The Labute approximate surface area is 77.1 Å². The molecule has 0 aromatic rings. The van der Waals surface area contributed by atoms with Crippen molar-refractivity contribution in [2.24, 2.45) is 0 Å². The molecule has 0 atom stereocenters. The first-order valence-electron chi connectivity index (χ1n) is 1.46. The summed E-state index contributed by atoms with van der Waals surface area (Å²) >= 11 is 0. The van der Waals surface area contributed by atoms with Crippen molar-refractivity contribution < 1.29 is 48.5 Å². The molecule has 0 saturated carbocycles. The first-order chi connectivity index (χ1) is 3.46. The van der Waals surface area contributed by atoms with Crippen LogP contribution in [0.3, 0.4) is 0 Å². The van der Waals surface area contributed by atoms with Crippen molar-refractivity contribution in [1.82, 2.24) is 0 Å². The largest absolute Gasteiger partial charge is 2.00 e. The Morgan fingerprint density at radius 1 is 1.40 bits per heavy atom. The van der Waals surface area contributed by atoms with Crippen molar-refractivity contribution in [2.45, 2.75) is 6.92 Å². The third-order valence-corrected chi connectivity index (χ3v) is 0. The maximum Gasteiger partial charge on any atom is 2.00 e. The van der Waals surface area contributed by atoms with Gasteiger partial charge in [0.1, 0.15) is 0 Å². The predicted octanol–water partition coefficient (Wildman–Crippen LogP) is -1.49. The van der Waals surface area contributed by atoms with Crippen molar-refractivity contribution in [3.63, 3.8) is 0 Å². The summed E-state index contributed by atoms with van der Waals surface area (Å²) in [4.78, 5) is 17.1. The zero-order chi connectivity index (χ0) is 7.15. The van der Waals surface area contributed by atoms with Gasteiger partial charge in [-0.3, -0.25) is 0 Å². The Balaban J connectivity index is -0.0000000300. The Kier molecular flexibility index (Phi) is 35.9. The fraction of sp³-hybridized carbons (Fsp3) is 0.500. The van der Waals surface area contributed by atoms with Crippen LogP contribution >= 0.6 is 0 Å². The van der Waals surface area contributed by atoms with E-state index in [1.54, 1.807) is 0 Å². The van der Waals surface area contributed by atoms with E-state index in [-0.39, 0.29) is 33.6 Å². The van der Waals surface area contributed by atoms with Crippen LogP contribution in [0.4, 0.5) is 0 Å². The molecule has 0 aliphatic rings. The summed E-state index contributed by atoms with van der Waals surface area (Å²) in [5.74, 6) is -1.08. The van der Waals surface area contributed by atoms with Crippen LogP contribution in [0.1, 0.15) is 6.92 Å².